The monoisotopic (exact) mass is 269 g/mol. The predicted molar refractivity (Wildman–Crippen MR) is 13.7 cm³/mol. The van der Waals surface area contributed by atoms with Crippen molar-refractivity contribution in [2.24, 2.45) is 0 Å². The van der Waals surface area contributed by atoms with Crippen LogP contribution in [0.25, 0.3) is 0 Å². The fourth-order valence-electron chi connectivity index (χ4n) is 0. The van der Waals surface area contributed by atoms with Crippen LogP contribution in [-0.4, -0.2) is 27.2 Å². The van der Waals surface area contributed by atoms with Crippen LogP contribution in [-0.2, 0) is 46.8 Å². The van der Waals surface area contributed by atoms with E-state index in [0.717, 1.165) is 0 Å². The minimum atomic E-state index is 0. The SMILES string of the molecule is [Be+2].[Cd+2].[H-].[H-].[Se-2].[Zn]. The summed E-state index contributed by atoms with van der Waals surface area (Å²) in [6, 6.07) is 0. The second-order valence-electron chi connectivity index (χ2n) is 0. The van der Waals surface area contributed by atoms with E-state index in [1.54, 1.807) is 0 Å². The molecule has 4 heavy (non-hydrogen) atoms. The zero-order valence-electron chi connectivity index (χ0n) is 4.53. The van der Waals surface area contributed by atoms with Gasteiger partial charge in [-0.25, -0.2) is 0 Å². The smallest absolute Gasteiger partial charge is 2.00 e. The van der Waals surface area contributed by atoms with Crippen molar-refractivity contribution in [3.8, 4) is 0 Å². The first kappa shape index (κ1) is 34.2. The number of hydrogen-bond acceptors (Lipinski definition) is 0. The molecule has 0 amide bonds. The van der Waals surface area contributed by atoms with Gasteiger partial charge in [0, 0.05) is 19.5 Å². The molecule has 0 aromatic rings. The Morgan fingerprint density at radius 1 is 1.25 bits per heavy atom. The van der Waals surface area contributed by atoms with Crippen molar-refractivity contribution in [1.29, 1.82) is 0 Å². The molecule has 0 aliphatic carbocycles. The Balaban J connectivity index is 0. The molecule has 14 valence electrons. The Morgan fingerprint density at radius 2 is 1.25 bits per heavy atom. The molecule has 0 aliphatic rings. The largest absolute Gasteiger partial charge is 2.00 e. The Bertz CT molecular complexity index is 13.5. The van der Waals surface area contributed by atoms with Crippen LogP contribution in [0, 0.1) is 0 Å². The van der Waals surface area contributed by atoms with Gasteiger partial charge in [-0.3, -0.25) is 0 Å². The van der Waals surface area contributed by atoms with Crippen molar-refractivity contribution in [3.05, 3.63) is 0 Å². The fourth-order valence-corrected chi connectivity index (χ4v) is 0. The first-order valence-corrected chi connectivity index (χ1v) is 0. The maximum Gasteiger partial charge on any atom is 2.00 e. The van der Waals surface area contributed by atoms with Crippen LogP contribution in [0.2, 0.25) is 0 Å². The molecule has 0 bridgehead atoms. The first-order valence-electron chi connectivity index (χ1n) is 0. The van der Waals surface area contributed by atoms with Gasteiger partial charge in [0.15, 0.2) is 0 Å². The summed E-state index contributed by atoms with van der Waals surface area (Å²) in [5.41, 5.74) is 0. The van der Waals surface area contributed by atoms with Crippen LogP contribution in [0.4, 0.5) is 0 Å². The summed E-state index contributed by atoms with van der Waals surface area (Å²) in [5.74, 6) is 0. The van der Waals surface area contributed by atoms with E-state index in [1.807, 2.05) is 0 Å². The van der Waals surface area contributed by atoms with Gasteiger partial charge >= 0.3 is 37.4 Å². The van der Waals surface area contributed by atoms with Gasteiger partial charge in [-0.1, -0.05) is 0 Å². The van der Waals surface area contributed by atoms with E-state index in [2.05, 4.69) is 0 Å². The molecular formula is H2BeCdSeZn. The topological polar surface area (TPSA) is 0 Å². The van der Waals surface area contributed by atoms with Gasteiger partial charge in [0.05, 0.1) is 0 Å². The summed E-state index contributed by atoms with van der Waals surface area (Å²) >= 11 is 0. The van der Waals surface area contributed by atoms with E-state index in [-0.39, 0.29) is 76.8 Å². The minimum absolute atomic E-state index is 0. The summed E-state index contributed by atoms with van der Waals surface area (Å²) in [4.78, 5) is 0. The molecule has 0 saturated heterocycles. The zero-order valence-corrected chi connectivity index (χ0v) is 11.2. The number of hydrogen-bond donors (Lipinski definition) is 0. The molecule has 0 radical (unpaired) electrons. The molecule has 0 N–H and O–H groups in total. The predicted octanol–water partition coefficient (Wildman–Crippen LogP) is -0.542. The summed E-state index contributed by atoms with van der Waals surface area (Å²) in [6.45, 7) is 0. The second kappa shape index (κ2) is 18.8. The van der Waals surface area contributed by atoms with Gasteiger partial charge in [0.1, 0.15) is 0 Å². The zero-order chi connectivity index (χ0) is 0. The Kier molecular flexibility index (Phi) is 161. The van der Waals surface area contributed by atoms with E-state index in [9.17, 15) is 0 Å². The third kappa shape index (κ3) is 8.87. The van der Waals surface area contributed by atoms with Crippen LogP contribution < -0.4 is 0 Å². The van der Waals surface area contributed by atoms with Crippen molar-refractivity contribution in [1.82, 2.24) is 0 Å². The fraction of sp³-hybridized carbons (Fsp3) is 0. The van der Waals surface area contributed by atoms with Gasteiger partial charge < -0.3 is 19.9 Å². The Hall–Kier alpha value is 2.23. The molecule has 0 saturated carbocycles. The van der Waals surface area contributed by atoms with Gasteiger partial charge in [0.2, 0.25) is 0 Å². The quantitative estimate of drug-likeness (QED) is 0.517. The standard InChI is InChI=1S/Be.Cd.Se.Zn.2H/q2*+2;-2;;2*-1. The van der Waals surface area contributed by atoms with E-state index >= 15 is 0 Å². The van der Waals surface area contributed by atoms with E-state index in [1.165, 1.54) is 0 Å². The van der Waals surface area contributed by atoms with E-state index in [0.29, 0.717) is 0 Å². The van der Waals surface area contributed by atoms with Crippen molar-refractivity contribution >= 4 is 27.2 Å². The van der Waals surface area contributed by atoms with Crippen LogP contribution >= 0.6 is 0 Å². The summed E-state index contributed by atoms with van der Waals surface area (Å²) < 4.78 is 0. The van der Waals surface area contributed by atoms with Gasteiger partial charge in [-0.15, -0.1) is 0 Å². The maximum atomic E-state index is 0. The van der Waals surface area contributed by atoms with Crippen LogP contribution in [0.3, 0.4) is 0 Å². The molecule has 0 aliphatic heterocycles. The molecule has 0 nitrogen and oxygen atoms in total. The van der Waals surface area contributed by atoms with Crippen molar-refractivity contribution in [3.63, 3.8) is 0 Å². The molecule has 0 aromatic carbocycles. The van der Waals surface area contributed by atoms with Gasteiger partial charge in [-0.2, -0.15) is 0 Å². The molecule has 0 aromatic heterocycles. The van der Waals surface area contributed by atoms with Crippen LogP contribution in [0.5, 0.6) is 0 Å². The molecule has 4 heteroatoms. The van der Waals surface area contributed by atoms with Crippen LogP contribution in [0.1, 0.15) is 2.85 Å². The van der Waals surface area contributed by atoms with Crippen molar-refractivity contribution in [2.45, 2.75) is 0 Å². The van der Waals surface area contributed by atoms with E-state index in [4.69, 9.17) is 0 Å². The van der Waals surface area contributed by atoms with Gasteiger partial charge in [0.25, 0.3) is 0 Å². The first-order chi connectivity index (χ1) is 0. The van der Waals surface area contributed by atoms with Crippen molar-refractivity contribution in [2.75, 3.05) is 0 Å². The van der Waals surface area contributed by atoms with Crippen LogP contribution in [0.15, 0.2) is 0 Å². The molecule has 0 spiro atoms. The molecule has 0 atom stereocenters. The molecule has 0 unspecified atom stereocenters. The summed E-state index contributed by atoms with van der Waals surface area (Å²) in [7, 11) is 0. The number of rotatable bonds is 0. The normalized spacial score (nSPS) is 0. The molecular weight excluding hydrogens is 266 g/mol. The molecule has 0 fully saturated rings. The average molecular weight is 268 g/mol. The third-order valence-corrected chi connectivity index (χ3v) is 0. The summed E-state index contributed by atoms with van der Waals surface area (Å²) in [6.07, 6.45) is 0. The van der Waals surface area contributed by atoms with Gasteiger partial charge in [-0.05, 0) is 0 Å². The second-order valence-corrected chi connectivity index (χ2v) is 0. The average Bonchev–Trinajstić information content (AvgIpc) is 0. The van der Waals surface area contributed by atoms with Crippen molar-refractivity contribution < 1.29 is 49.6 Å². The summed E-state index contributed by atoms with van der Waals surface area (Å²) in [5, 5.41) is 0. The third-order valence-electron chi connectivity index (χ3n) is 0. The molecule has 0 heterocycles. The maximum absolute atomic E-state index is 0. The Morgan fingerprint density at radius 3 is 1.25 bits per heavy atom. The molecule has 0 rings (SSSR count). The Labute approximate surface area is 76.1 Å². The minimum Gasteiger partial charge on any atom is -2.00 e. The van der Waals surface area contributed by atoms with E-state index < -0.39 is 0 Å².